The van der Waals surface area contributed by atoms with Crippen LogP contribution in [0.5, 0.6) is 0 Å². The number of aryl methyl sites for hydroxylation is 1. The third-order valence-corrected chi connectivity index (χ3v) is 3.95. The van der Waals surface area contributed by atoms with E-state index in [1.807, 2.05) is 17.0 Å². The van der Waals surface area contributed by atoms with Gasteiger partial charge in [0, 0.05) is 36.2 Å². The lowest BCUT2D eigenvalue weighted by molar-refractivity contribution is -0.119. The molecule has 1 aromatic rings. The predicted molar refractivity (Wildman–Crippen MR) is 82.5 cm³/mol. The summed E-state index contributed by atoms with van der Waals surface area (Å²) in [5.74, 6) is 0.200. The third-order valence-electron chi connectivity index (χ3n) is 3.46. The average Bonchev–Trinajstić information content (AvgIpc) is 2.31. The first-order chi connectivity index (χ1) is 8.89. The Bertz CT molecular complexity index is 485. The van der Waals surface area contributed by atoms with Crippen LogP contribution in [0, 0.1) is 12.3 Å². The van der Waals surface area contributed by atoms with Crippen molar-refractivity contribution in [2.45, 2.75) is 27.2 Å². The molecule has 1 saturated heterocycles. The van der Waals surface area contributed by atoms with Crippen molar-refractivity contribution in [1.29, 1.82) is 0 Å². The lowest BCUT2D eigenvalue weighted by Crippen LogP contribution is -2.47. The summed E-state index contributed by atoms with van der Waals surface area (Å²) in [6, 6.07) is 6.09. The zero-order chi connectivity index (χ0) is 14.0. The van der Waals surface area contributed by atoms with Crippen LogP contribution < -0.4 is 10.2 Å². The lowest BCUT2D eigenvalue weighted by atomic mass is 9.91. The number of anilines is 1. The first kappa shape index (κ1) is 14.5. The number of benzene rings is 1. The van der Waals surface area contributed by atoms with Crippen LogP contribution in [0.4, 0.5) is 5.69 Å². The van der Waals surface area contributed by atoms with Crippen molar-refractivity contribution in [3.63, 3.8) is 0 Å². The molecular weight excluding hydrogens is 304 g/mol. The minimum atomic E-state index is 0.0790. The van der Waals surface area contributed by atoms with E-state index < -0.39 is 0 Å². The molecule has 1 aromatic carbocycles. The number of hydrogen-bond donors (Lipinski definition) is 1. The van der Waals surface area contributed by atoms with Gasteiger partial charge < -0.3 is 10.2 Å². The Morgan fingerprint density at radius 2 is 2.11 bits per heavy atom. The Kier molecular flexibility index (Phi) is 4.31. The van der Waals surface area contributed by atoms with Crippen LogP contribution >= 0.6 is 15.9 Å². The molecule has 4 heteroatoms. The molecular formula is C15H21BrN2O. The van der Waals surface area contributed by atoms with Crippen LogP contribution in [0.3, 0.4) is 0 Å². The van der Waals surface area contributed by atoms with Gasteiger partial charge in [-0.25, -0.2) is 0 Å². The molecule has 1 aliphatic rings. The minimum absolute atomic E-state index is 0.0790. The maximum Gasteiger partial charge on any atom is 0.228 e. The van der Waals surface area contributed by atoms with Crippen molar-refractivity contribution >= 4 is 27.5 Å². The van der Waals surface area contributed by atoms with E-state index in [1.54, 1.807) is 0 Å². The summed E-state index contributed by atoms with van der Waals surface area (Å²) in [5.41, 5.74) is 2.24. The van der Waals surface area contributed by atoms with E-state index in [9.17, 15) is 4.79 Å². The van der Waals surface area contributed by atoms with E-state index in [0.717, 1.165) is 35.4 Å². The molecule has 0 aromatic heterocycles. The van der Waals surface area contributed by atoms with Gasteiger partial charge in [-0.3, -0.25) is 4.79 Å². The van der Waals surface area contributed by atoms with Gasteiger partial charge in [0.15, 0.2) is 0 Å². The molecule has 0 aliphatic carbocycles. The van der Waals surface area contributed by atoms with Gasteiger partial charge in [-0.1, -0.05) is 29.8 Å². The van der Waals surface area contributed by atoms with Crippen molar-refractivity contribution in [2.75, 3.05) is 24.5 Å². The van der Waals surface area contributed by atoms with Crippen molar-refractivity contribution in [3.05, 3.63) is 28.2 Å². The monoisotopic (exact) mass is 324 g/mol. The van der Waals surface area contributed by atoms with Crippen LogP contribution in [0.25, 0.3) is 0 Å². The molecule has 1 amide bonds. The highest BCUT2D eigenvalue weighted by molar-refractivity contribution is 9.10. The summed E-state index contributed by atoms with van der Waals surface area (Å²) < 4.78 is 1.05. The van der Waals surface area contributed by atoms with Crippen LogP contribution in [-0.4, -0.2) is 25.5 Å². The number of nitrogens with zero attached hydrogens (tertiary/aromatic N) is 1. The summed E-state index contributed by atoms with van der Waals surface area (Å²) in [5, 5.41) is 3.35. The molecule has 19 heavy (non-hydrogen) atoms. The highest BCUT2D eigenvalue weighted by Crippen LogP contribution is 2.28. The molecule has 0 radical (unpaired) electrons. The van der Waals surface area contributed by atoms with Crippen LogP contribution in [0.1, 0.15) is 25.8 Å². The fourth-order valence-corrected chi connectivity index (χ4v) is 2.95. The van der Waals surface area contributed by atoms with Crippen molar-refractivity contribution < 1.29 is 4.79 Å². The second-order valence-electron chi connectivity index (χ2n) is 6.00. The highest BCUT2D eigenvalue weighted by Gasteiger charge is 2.28. The standard InChI is InChI=1S/C15H21BrN2O/c1-11-8-12(16)4-5-13(11)18-10-15(2,3)9-17-7-6-14(18)19/h4-5,8,17H,6-7,9-10H2,1-3H3. The molecule has 1 fully saturated rings. The zero-order valence-electron chi connectivity index (χ0n) is 11.8. The van der Waals surface area contributed by atoms with Gasteiger partial charge in [0.2, 0.25) is 5.91 Å². The number of amides is 1. The Hall–Kier alpha value is -0.870. The van der Waals surface area contributed by atoms with Crippen LogP contribution in [0.15, 0.2) is 22.7 Å². The largest absolute Gasteiger partial charge is 0.316 e. The quantitative estimate of drug-likeness (QED) is 0.860. The molecule has 104 valence electrons. The van der Waals surface area contributed by atoms with E-state index in [-0.39, 0.29) is 11.3 Å². The van der Waals surface area contributed by atoms with E-state index in [0.29, 0.717) is 6.42 Å². The maximum absolute atomic E-state index is 12.4. The van der Waals surface area contributed by atoms with Crippen LogP contribution in [0.2, 0.25) is 0 Å². The first-order valence-electron chi connectivity index (χ1n) is 6.66. The second-order valence-corrected chi connectivity index (χ2v) is 6.92. The summed E-state index contributed by atoms with van der Waals surface area (Å²) in [6.45, 7) is 8.89. The number of carbonyl (C=O) groups excluding carboxylic acids is 1. The molecule has 0 saturated carbocycles. The number of halogens is 1. The van der Waals surface area contributed by atoms with Crippen molar-refractivity contribution in [2.24, 2.45) is 5.41 Å². The number of nitrogens with one attached hydrogen (secondary N) is 1. The van der Waals surface area contributed by atoms with E-state index in [4.69, 9.17) is 0 Å². The SMILES string of the molecule is Cc1cc(Br)ccc1N1CC(C)(C)CNCCC1=O. The number of hydrogen-bond acceptors (Lipinski definition) is 2. The Morgan fingerprint density at radius 1 is 1.37 bits per heavy atom. The highest BCUT2D eigenvalue weighted by atomic mass is 79.9. The van der Waals surface area contributed by atoms with Crippen molar-refractivity contribution in [3.8, 4) is 0 Å². The smallest absolute Gasteiger partial charge is 0.228 e. The minimum Gasteiger partial charge on any atom is -0.316 e. The number of rotatable bonds is 1. The summed E-state index contributed by atoms with van der Waals surface area (Å²) in [4.78, 5) is 14.3. The first-order valence-corrected chi connectivity index (χ1v) is 7.46. The molecule has 1 heterocycles. The van der Waals surface area contributed by atoms with Gasteiger partial charge in [-0.2, -0.15) is 0 Å². The molecule has 2 rings (SSSR count). The van der Waals surface area contributed by atoms with Gasteiger partial charge in [0.1, 0.15) is 0 Å². The normalized spacial score (nSPS) is 20.0. The van der Waals surface area contributed by atoms with Gasteiger partial charge in [0.25, 0.3) is 0 Å². The van der Waals surface area contributed by atoms with Gasteiger partial charge in [0.05, 0.1) is 0 Å². The van der Waals surface area contributed by atoms with E-state index in [1.165, 1.54) is 0 Å². The zero-order valence-corrected chi connectivity index (χ0v) is 13.4. The second kappa shape index (κ2) is 5.63. The molecule has 0 atom stereocenters. The number of carbonyl (C=O) groups is 1. The lowest BCUT2D eigenvalue weighted by Gasteiger charge is -2.36. The van der Waals surface area contributed by atoms with Crippen molar-refractivity contribution in [1.82, 2.24) is 5.32 Å². The van der Waals surface area contributed by atoms with Crippen LogP contribution in [-0.2, 0) is 4.79 Å². The molecule has 0 bridgehead atoms. The molecule has 0 spiro atoms. The molecule has 1 N–H and O–H groups in total. The average molecular weight is 325 g/mol. The van der Waals surface area contributed by atoms with Gasteiger partial charge in [-0.15, -0.1) is 0 Å². The van der Waals surface area contributed by atoms with E-state index >= 15 is 0 Å². The maximum atomic E-state index is 12.4. The fraction of sp³-hybridized carbons (Fsp3) is 0.533. The summed E-state index contributed by atoms with van der Waals surface area (Å²) in [6.07, 6.45) is 0.561. The molecule has 0 unspecified atom stereocenters. The van der Waals surface area contributed by atoms with Gasteiger partial charge in [-0.05, 0) is 36.1 Å². The fourth-order valence-electron chi connectivity index (χ4n) is 2.47. The van der Waals surface area contributed by atoms with Gasteiger partial charge >= 0.3 is 0 Å². The summed E-state index contributed by atoms with van der Waals surface area (Å²) >= 11 is 3.47. The third kappa shape index (κ3) is 3.57. The molecule has 1 aliphatic heterocycles. The molecule has 3 nitrogen and oxygen atoms in total. The topological polar surface area (TPSA) is 32.3 Å². The summed E-state index contributed by atoms with van der Waals surface area (Å²) in [7, 11) is 0. The van der Waals surface area contributed by atoms with E-state index in [2.05, 4.69) is 48.1 Å². The predicted octanol–water partition coefficient (Wildman–Crippen LogP) is 3.11. The Labute approximate surface area is 123 Å². The Balaban J connectivity index is 2.34. The Morgan fingerprint density at radius 3 is 2.79 bits per heavy atom.